The molecule has 2 nitrogen and oxygen atoms in total. The average molecular weight is 268 g/mol. The molecule has 114 valence electrons. The minimum Gasteiger partial charge on any atom is -0.315 e. The Balaban J connectivity index is 2.57. The van der Waals surface area contributed by atoms with Gasteiger partial charge in [0, 0.05) is 25.2 Å². The summed E-state index contributed by atoms with van der Waals surface area (Å²) in [6.45, 7) is 17.8. The summed E-state index contributed by atoms with van der Waals surface area (Å²) >= 11 is 0. The van der Waals surface area contributed by atoms with Crippen molar-refractivity contribution in [2.75, 3.05) is 19.6 Å². The summed E-state index contributed by atoms with van der Waals surface area (Å²) in [4.78, 5) is 2.79. The Morgan fingerprint density at radius 2 is 1.84 bits per heavy atom. The van der Waals surface area contributed by atoms with Crippen LogP contribution in [0.15, 0.2) is 0 Å². The maximum atomic E-state index is 3.68. The second-order valence-corrected chi connectivity index (χ2v) is 7.25. The van der Waals surface area contributed by atoms with Crippen molar-refractivity contribution in [2.24, 2.45) is 17.8 Å². The molecule has 4 unspecified atom stereocenters. The summed E-state index contributed by atoms with van der Waals surface area (Å²) in [6, 6.07) is 1.47. The fourth-order valence-electron chi connectivity index (χ4n) is 3.50. The lowest BCUT2D eigenvalue weighted by molar-refractivity contribution is 0.0362. The van der Waals surface area contributed by atoms with Gasteiger partial charge in [0.25, 0.3) is 0 Å². The first kappa shape index (κ1) is 17.0. The van der Waals surface area contributed by atoms with E-state index in [1.54, 1.807) is 0 Å². The molecular formula is C17H36N2. The summed E-state index contributed by atoms with van der Waals surface area (Å²) in [5.41, 5.74) is 0. The molecule has 1 rings (SSSR count). The maximum Gasteiger partial charge on any atom is 0.0223 e. The van der Waals surface area contributed by atoms with Crippen LogP contribution in [-0.2, 0) is 0 Å². The number of nitrogens with zero attached hydrogens (tertiary/aromatic N) is 1. The zero-order valence-electron chi connectivity index (χ0n) is 14.1. The molecule has 4 atom stereocenters. The Kier molecular flexibility index (Phi) is 7.38. The van der Waals surface area contributed by atoms with Crippen LogP contribution in [0.2, 0.25) is 0 Å². The average Bonchev–Trinajstić information content (AvgIpc) is 2.32. The van der Waals surface area contributed by atoms with Crippen molar-refractivity contribution in [1.82, 2.24) is 10.2 Å². The molecule has 0 bridgehead atoms. The van der Waals surface area contributed by atoms with E-state index in [9.17, 15) is 0 Å². The molecule has 1 aliphatic heterocycles. The third-order valence-electron chi connectivity index (χ3n) is 4.67. The number of piperidine rings is 1. The Labute approximate surface area is 121 Å². The first-order valence-electron chi connectivity index (χ1n) is 8.42. The Morgan fingerprint density at radius 3 is 2.42 bits per heavy atom. The largest absolute Gasteiger partial charge is 0.315 e. The smallest absolute Gasteiger partial charge is 0.0223 e. The van der Waals surface area contributed by atoms with Crippen LogP contribution in [0.3, 0.4) is 0 Å². The zero-order valence-corrected chi connectivity index (χ0v) is 14.1. The third kappa shape index (κ3) is 5.43. The minimum absolute atomic E-state index is 0.726. The molecule has 0 spiro atoms. The van der Waals surface area contributed by atoms with Crippen molar-refractivity contribution >= 4 is 0 Å². The lowest BCUT2D eigenvalue weighted by Gasteiger charge is -2.45. The van der Waals surface area contributed by atoms with Gasteiger partial charge >= 0.3 is 0 Å². The fourth-order valence-corrected chi connectivity index (χ4v) is 3.50. The summed E-state index contributed by atoms with van der Waals surface area (Å²) < 4.78 is 0. The van der Waals surface area contributed by atoms with E-state index >= 15 is 0 Å². The molecule has 0 aromatic rings. The highest BCUT2D eigenvalue weighted by atomic mass is 15.2. The summed E-state index contributed by atoms with van der Waals surface area (Å²) in [6.07, 6.45) is 4.02. The Morgan fingerprint density at radius 1 is 1.16 bits per heavy atom. The second kappa shape index (κ2) is 8.26. The van der Waals surface area contributed by atoms with Gasteiger partial charge < -0.3 is 5.32 Å². The van der Waals surface area contributed by atoms with Crippen molar-refractivity contribution in [3.8, 4) is 0 Å². The second-order valence-electron chi connectivity index (χ2n) is 7.25. The molecule has 0 aromatic heterocycles. The lowest BCUT2D eigenvalue weighted by atomic mass is 9.84. The molecule has 1 fully saturated rings. The zero-order chi connectivity index (χ0) is 14.4. The van der Waals surface area contributed by atoms with E-state index in [2.05, 4.69) is 51.8 Å². The number of nitrogens with one attached hydrogen (secondary N) is 1. The van der Waals surface area contributed by atoms with E-state index in [1.165, 1.54) is 25.8 Å². The topological polar surface area (TPSA) is 15.3 Å². The van der Waals surface area contributed by atoms with Crippen LogP contribution < -0.4 is 5.32 Å². The van der Waals surface area contributed by atoms with Gasteiger partial charge in [-0.15, -0.1) is 0 Å². The molecule has 1 N–H and O–H groups in total. The van der Waals surface area contributed by atoms with Gasteiger partial charge in [-0.3, -0.25) is 4.90 Å². The molecule has 19 heavy (non-hydrogen) atoms. The van der Waals surface area contributed by atoms with Crippen LogP contribution in [0.1, 0.15) is 60.8 Å². The summed E-state index contributed by atoms with van der Waals surface area (Å²) in [5.74, 6) is 2.45. The van der Waals surface area contributed by atoms with Gasteiger partial charge in [0.2, 0.25) is 0 Å². The minimum atomic E-state index is 0.726. The van der Waals surface area contributed by atoms with Crippen LogP contribution in [-0.4, -0.2) is 36.6 Å². The molecule has 2 heteroatoms. The van der Waals surface area contributed by atoms with Crippen LogP contribution in [0.5, 0.6) is 0 Å². The van der Waals surface area contributed by atoms with Crippen LogP contribution in [0.4, 0.5) is 0 Å². The highest BCUT2D eigenvalue weighted by Gasteiger charge is 2.32. The SMILES string of the molecule is CCCC(CNCC(C)C)N1CC(C)CC(C)C1C. The molecule has 1 aliphatic rings. The molecule has 0 aromatic carbocycles. The van der Waals surface area contributed by atoms with Gasteiger partial charge in [-0.25, -0.2) is 0 Å². The first-order valence-corrected chi connectivity index (χ1v) is 8.42. The first-order chi connectivity index (χ1) is 8.95. The molecule has 1 heterocycles. The van der Waals surface area contributed by atoms with Crippen LogP contribution >= 0.6 is 0 Å². The maximum absolute atomic E-state index is 3.68. The fraction of sp³-hybridized carbons (Fsp3) is 1.00. The number of likely N-dealkylation sites (tertiary alicyclic amines) is 1. The normalized spacial score (nSPS) is 30.8. The van der Waals surface area contributed by atoms with Crippen LogP contribution in [0, 0.1) is 17.8 Å². The Hall–Kier alpha value is -0.0800. The number of hydrogen-bond donors (Lipinski definition) is 1. The molecule has 0 radical (unpaired) electrons. The summed E-state index contributed by atoms with van der Waals surface area (Å²) in [5, 5.41) is 3.68. The number of hydrogen-bond acceptors (Lipinski definition) is 2. The summed E-state index contributed by atoms with van der Waals surface area (Å²) in [7, 11) is 0. The van der Waals surface area contributed by atoms with E-state index < -0.39 is 0 Å². The standard InChI is InChI=1S/C17H36N2/c1-7-8-17(11-18-10-13(2)3)19-12-14(4)9-15(5)16(19)6/h13-18H,7-12H2,1-6H3. The van der Waals surface area contributed by atoms with Crippen molar-refractivity contribution < 1.29 is 0 Å². The lowest BCUT2D eigenvalue weighted by Crippen LogP contribution is -2.53. The third-order valence-corrected chi connectivity index (χ3v) is 4.67. The van der Waals surface area contributed by atoms with Crippen LogP contribution in [0.25, 0.3) is 0 Å². The van der Waals surface area contributed by atoms with Crippen molar-refractivity contribution in [2.45, 2.75) is 72.9 Å². The van der Waals surface area contributed by atoms with Gasteiger partial charge in [0.15, 0.2) is 0 Å². The van der Waals surface area contributed by atoms with Gasteiger partial charge in [-0.05, 0) is 44.1 Å². The van der Waals surface area contributed by atoms with Gasteiger partial charge in [0.05, 0.1) is 0 Å². The number of rotatable bonds is 7. The quantitative estimate of drug-likeness (QED) is 0.756. The van der Waals surface area contributed by atoms with Crippen molar-refractivity contribution in [1.29, 1.82) is 0 Å². The predicted octanol–water partition coefficient (Wildman–Crippen LogP) is 3.77. The van der Waals surface area contributed by atoms with E-state index in [4.69, 9.17) is 0 Å². The predicted molar refractivity (Wildman–Crippen MR) is 85.5 cm³/mol. The molecule has 0 amide bonds. The van der Waals surface area contributed by atoms with Crippen molar-refractivity contribution in [3.05, 3.63) is 0 Å². The highest BCUT2D eigenvalue weighted by molar-refractivity contribution is 4.87. The molecular weight excluding hydrogens is 232 g/mol. The Bertz CT molecular complexity index is 239. The van der Waals surface area contributed by atoms with Crippen molar-refractivity contribution in [3.63, 3.8) is 0 Å². The van der Waals surface area contributed by atoms with Gasteiger partial charge in [-0.2, -0.15) is 0 Å². The van der Waals surface area contributed by atoms with E-state index in [-0.39, 0.29) is 0 Å². The monoisotopic (exact) mass is 268 g/mol. The van der Waals surface area contributed by atoms with E-state index in [1.807, 2.05) is 0 Å². The molecule has 0 aliphatic carbocycles. The van der Waals surface area contributed by atoms with Gasteiger partial charge in [-0.1, -0.05) is 41.0 Å². The van der Waals surface area contributed by atoms with E-state index in [0.717, 1.165) is 42.9 Å². The molecule has 0 saturated carbocycles. The van der Waals surface area contributed by atoms with E-state index in [0.29, 0.717) is 0 Å². The molecule has 1 saturated heterocycles. The van der Waals surface area contributed by atoms with Gasteiger partial charge in [0.1, 0.15) is 0 Å². The highest BCUT2D eigenvalue weighted by Crippen LogP contribution is 2.29.